The van der Waals surface area contributed by atoms with Gasteiger partial charge in [0.05, 0.1) is 11.1 Å². The molecule has 1 N–H and O–H groups in total. The highest BCUT2D eigenvalue weighted by Crippen LogP contribution is 2.32. The average Bonchev–Trinajstić information content (AvgIpc) is 2.84. The topological polar surface area (TPSA) is 63.3 Å². The van der Waals surface area contributed by atoms with Crippen molar-refractivity contribution in [2.45, 2.75) is 6.92 Å². The molecule has 0 unspecified atom stereocenters. The summed E-state index contributed by atoms with van der Waals surface area (Å²) in [5.41, 5.74) is 2.83. The molecule has 5 heteroatoms. The zero-order chi connectivity index (χ0) is 14.3. The van der Waals surface area contributed by atoms with Gasteiger partial charge in [0, 0.05) is 4.47 Å². The Morgan fingerprint density at radius 1 is 1.25 bits per heavy atom. The van der Waals surface area contributed by atoms with Crippen molar-refractivity contribution in [3.63, 3.8) is 0 Å². The molecule has 3 rings (SSSR count). The highest BCUT2D eigenvalue weighted by Gasteiger charge is 2.17. The van der Waals surface area contributed by atoms with Crippen LogP contribution in [0.1, 0.15) is 15.9 Å². The monoisotopic (exact) mass is 331 g/mol. The molecule has 0 aliphatic rings. The molecule has 3 aromatic rings. The number of halogens is 1. The van der Waals surface area contributed by atoms with Crippen molar-refractivity contribution in [2.24, 2.45) is 0 Å². The number of hydrogen-bond donors (Lipinski definition) is 1. The van der Waals surface area contributed by atoms with Crippen molar-refractivity contribution < 1.29 is 14.3 Å². The Morgan fingerprint density at radius 2 is 2.00 bits per heavy atom. The molecule has 20 heavy (non-hydrogen) atoms. The molecule has 4 nitrogen and oxygen atoms in total. The summed E-state index contributed by atoms with van der Waals surface area (Å²) in [4.78, 5) is 15.5. The summed E-state index contributed by atoms with van der Waals surface area (Å²) in [6.07, 6.45) is 0. The maximum absolute atomic E-state index is 11.2. The van der Waals surface area contributed by atoms with Gasteiger partial charge in [-0.2, -0.15) is 0 Å². The molecule has 1 aromatic heterocycles. The van der Waals surface area contributed by atoms with E-state index in [-0.39, 0.29) is 5.56 Å². The van der Waals surface area contributed by atoms with Crippen molar-refractivity contribution >= 4 is 33.0 Å². The molecule has 0 aliphatic heterocycles. The Morgan fingerprint density at radius 3 is 2.75 bits per heavy atom. The molecule has 0 bridgehead atoms. The molecule has 0 saturated carbocycles. The van der Waals surface area contributed by atoms with Crippen molar-refractivity contribution in [1.82, 2.24) is 4.98 Å². The minimum Gasteiger partial charge on any atom is -0.478 e. The molecule has 0 amide bonds. The number of aryl methyl sites for hydroxylation is 1. The van der Waals surface area contributed by atoms with E-state index in [2.05, 4.69) is 20.9 Å². The van der Waals surface area contributed by atoms with Crippen LogP contribution >= 0.6 is 15.9 Å². The van der Waals surface area contributed by atoms with Crippen molar-refractivity contribution in [2.75, 3.05) is 0 Å². The summed E-state index contributed by atoms with van der Waals surface area (Å²) >= 11 is 3.51. The number of aromatic nitrogens is 1. The van der Waals surface area contributed by atoms with Gasteiger partial charge in [-0.25, -0.2) is 9.78 Å². The van der Waals surface area contributed by atoms with Crippen LogP contribution in [-0.2, 0) is 0 Å². The summed E-state index contributed by atoms with van der Waals surface area (Å²) in [6.45, 7) is 1.97. The molecule has 0 atom stereocenters. The number of aromatic carboxylic acids is 1. The first kappa shape index (κ1) is 12.9. The van der Waals surface area contributed by atoms with Gasteiger partial charge in [0.1, 0.15) is 5.52 Å². The average molecular weight is 332 g/mol. The van der Waals surface area contributed by atoms with Crippen LogP contribution in [0, 0.1) is 6.92 Å². The largest absolute Gasteiger partial charge is 0.478 e. The Hall–Kier alpha value is -2.14. The third-order valence-corrected chi connectivity index (χ3v) is 4.12. The van der Waals surface area contributed by atoms with E-state index in [4.69, 9.17) is 4.42 Å². The van der Waals surface area contributed by atoms with E-state index in [0.717, 1.165) is 15.6 Å². The Balaban J connectivity index is 2.26. The highest BCUT2D eigenvalue weighted by molar-refractivity contribution is 9.10. The summed E-state index contributed by atoms with van der Waals surface area (Å²) in [7, 11) is 0. The molecular weight excluding hydrogens is 322 g/mol. The number of oxazole rings is 1. The molecule has 100 valence electrons. The summed E-state index contributed by atoms with van der Waals surface area (Å²) in [5.74, 6) is -0.608. The van der Waals surface area contributed by atoms with Gasteiger partial charge in [-0.1, -0.05) is 18.2 Å². The number of hydrogen-bond acceptors (Lipinski definition) is 3. The quantitative estimate of drug-likeness (QED) is 0.761. The number of fused-ring (bicyclic) bond motifs is 1. The lowest BCUT2D eigenvalue weighted by Crippen LogP contribution is -1.96. The Labute approximate surface area is 123 Å². The Bertz CT molecular complexity index is 823. The minimum atomic E-state index is -1.02. The van der Waals surface area contributed by atoms with E-state index in [1.165, 1.54) is 6.07 Å². The number of nitrogens with zero attached hydrogens (tertiary/aromatic N) is 1. The van der Waals surface area contributed by atoms with Crippen LogP contribution in [0.15, 0.2) is 45.3 Å². The van der Waals surface area contributed by atoms with Crippen LogP contribution in [0.2, 0.25) is 0 Å². The van der Waals surface area contributed by atoms with Gasteiger partial charge in [-0.3, -0.25) is 0 Å². The maximum Gasteiger partial charge on any atom is 0.338 e. The zero-order valence-corrected chi connectivity index (χ0v) is 12.1. The fraction of sp³-hybridized carbons (Fsp3) is 0.0667. The zero-order valence-electron chi connectivity index (χ0n) is 10.6. The van der Waals surface area contributed by atoms with Crippen molar-refractivity contribution in [3.8, 4) is 11.5 Å². The molecule has 0 aliphatic carbocycles. The first-order chi connectivity index (χ1) is 9.58. The number of carboxylic acids is 1. The number of benzene rings is 2. The van der Waals surface area contributed by atoms with Gasteiger partial charge in [0.15, 0.2) is 5.58 Å². The first-order valence-electron chi connectivity index (χ1n) is 5.96. The van der Waals surface area contributed by atoms with Crippen LogP contribution in [0.5, 0.6) is 0 Å². The maximum atomic E-state index is 11.2. The normalized spacial score (nSPS) is 10.9. The second kappa shape index (κ2) is 4.76. The van der Waals surface area contributed by atoms with E-state index >= 15 is 0 Å². The molecule has 0 radical (unpaired) electrons. The van der Waals surface area contributed by atoms with E-state index in [1.54, 1.807) is 12.1 Å². The smallest absolute Gasteiger partial charge is 0.338 e. The van der Waals surface area contributed by atoms with Gasteiger partial charge in [0.2, 0.25) is 5.89 Å². The Kier molecular flexibility index (Phi) is 3.06. The van der Waals surface area contributed by atoms with Crippen LogP contribution in [0.4, 0.5) is 0 Å². The number of rotatable bonds is 2. The van der Waals surface area contributed by atoms with Gasteiger partial charge < -0.3 is 9.52 Å². The standard InChI is InChI=1S/C15H10BrNO3/c1-8-4-2-5-9(12(8)16)14-17-13-10(15(18)19)6-3-7-11(13)20-14/h2-7H,1H3,(H,18,19). The fourth-order valence-electron chi connectivity index (χ4n) is 2.05. The van der Waals surface area contributed by atoms with E-state index < -0.39 is 5.97 Å². The first-order valence-corrected chi connectivity index (χ1v) is 6.75. The van der Waals surface area contributed by atoms with E-state index in [1.807, 2.05) is 25.1 Å². The van der Waals surface area contributed by atoms with Crippen LogP contribution in [0.25, 0.3) is 22.6 Å². The lowest BCUT2D eigenvalue weighted by atomic mass is 10.1. The predicted octanol–water partition coefficient (Wildman–Crippen LogP) is 4.26. The number of carbonyl (C=O) groups is 1. The second-order valence-corrected chi connectivity index (χ2v) is 5.21. The van der Waals surface area contributed by atoms with Crippen LogP contribution in [-0.4, -0.2) is 16.1 Å². The summed E-state index contributed by atoms with van der Waals surface area (Å²) < 4.78 is 6.57. The van der Waals surface area contributed by atoms with Crippen LogP contribution in [0.3, 0.4) is 0 Å². The third-order valence-electron chi connectivity index (χ3n) is 3.07. The molecular formula is C15H10BrNO3. The highest BCUT2D eigenvalue weighted by atomic mass is 79.9. The molecule has 0 saturated heterocycles. The molecule has 2 aromatic carbocycles. The minimum absolute atomic E-state index is 0.140. The molecule has 1 heterocycles. The lowest BCUT2D eigenvalue weighted by Gasteiger charge is -2.02. The van der Waals surface area contributed by atoms with Gasteiger partial charge in [-0.05, 0) is 46.6 Å². The van der Waals surface area contributed by atoms with Gasteiger partial charge in [0.25, 0.3) is 0 Å². The van der Waals surface area contributed by atoms with E-state index in [0.29, 0.717) is 17.0 Å². The predicted molar refractivity (Wildman–Crippen MR) is 78.8 cm³/mol. The summed E-state index contributed by atoms with van der Waals surface area (Å²) in [6, 6.07) is 10.6. The number of carboxylic acid groups (broad SMARTS) is 1. The van der Waals surface area contributed by atoms with Crippen LogP contribution < -0.4 is 0 Å². The SMILES string of the molecule is Cc1cccc(-c2nc3c(C(=O)O)cccc3o2)c1Br. The second-order valence-electron chi connectivity index (χ2n) is 4.41. The summed E-state index contributed by atoms with van der Waals surface area (Å²) in [5, 5.41) is 9.17. The molecule has 0 spiro atoms. The molecule has 0 fully saturated rings. The number of para-hydroxylation sites is 1. The van der Waals surface area contributed by atoms with Gasteiger partial charge >= 0.3 is 5.97 Å². The van der Waals surface area contributed by atoms with Crippen molar-refractivity contribution in [1.29, 1.82) is 0 Å². The fourth-order valence-corrected chi connectivity index (χ4v) is 2.48. The van der Waals surface area contributed by atoms with Crippen molar-refractivity contribution in [3.05, 3.63) is 52.0 Å². The lowest BCUT2D eigenvalue weighted by molar-refractivity contribution is 0.0699. The van der Waals surface area contributed by atoms with E-state index in [9.17, 15) is 9.90 Å². The van der Waals surface area contributed by atoms with Gasteiger partial charge in [-0.15, -0.1) is 0 Å². The third kappa shape index (κ3) is 2.00.